The normalized spacial score (nSPS) is 29.1. The molecule has 0 radical (unpaired) electrons. The first-order valence-corrected chi connectivity index (χ1v) is 21.6. The van der Waals surface area contributed by atoms with Crippen molar-refractivity contribution in [1.29, 1.82) is 0 Å². The summed E-state index contributed by atoms with van der Waals surface area (Å²) in [4.78, 5) is 2.73. The molecule has 0 aliphatic heterocycles. The summed E-state index contributed by atoms with van der Waals surface area (Å²) in [6, 6.07) is 10.8. The van der Waals surface area contributed by atoms with Gasteiger partial charge in [-0.2, -0.15) is 0 Å². The van der Waals surface area contributed by atoms with Crippen LogP contribution in [0, 0.1) is 5.92 Å². The van der Waals surface area contributed by atoms with Crippen LogP contribution in [-0.2, 0) is 0 Å². The van der Waals surface area contributed by atoms with E-state index in [-0.39, 0.29) is 15.8 Å². The minimum Gasteiger partial charge on any atom is -0.302 e. The molecule has 2 unspecified atom stereocenters. The van der Waals surface area contributed by atoms with Gasteiger partial charge in [-0.15, -0.1) is 0 Å². The van der Waals surface area contributed by atoms with Gasteiger partial charge in [-0.3, -0.25) is 0 Å². The lowest BCUT2D eigenvalue weighted by Gasteiger charge is -2.47. The monoisotopic (exact) mass is 595 g/mol. The van der Waals surface area contributed by atoms with E-state index in [0.717, 1.165) is 34.2 Å². The lowest BCUT2D eigenvalue weighted by molar-refractivity contribution is 0.216. The molecule has 5 aliphatic rings. The number of hydrogen-bond donors (Lipinski definition) is 0. The molecule has 5 aliphatic carbocycles. The predicted octanol–water partition coefficient (Wildman–Crippen LogP) is 11.4. The number of benzene rings is 1. The van der Waals surface area contributed by atoms with E-state index in [1.165, 1.54) is 116 Å². The highest BCUT2D eigenvalue weighted by Gasteiger charge is 2.46. The van der Waals surface area contributed by atoms with Crippen molar-refractivity contribution in [3.05, 3.63) is 29.8 Å². The summed E-state index contributed by atoms with van der Waals surface area (Å²) in [6.45, 7) is 0. The van der Waals surface area contributed by atoms with Crippen molar-refractivity contribution in [3.63, 3.8) is 0 Å². The maximum atomic E-state index is 2.73. The van der Waals surface area contributed by atoms with Gasteiger partial charge in [-0.05, 0) is 123 Å². The van der Waals surface area contributed by atoms with Gasteiger partial charge >= 0.3 is 0 Å². The van der Waals surface area contributed by atoms with Crippen molar-refractivity contribution in [2.45, 2.75) is 182 Å². The first-order valence-electron chi connectivity index (χ1n) is 18.5. The molecule has 0 bridgehead atoms. The molecule has 3 heteroatoms. The van der Waals surface area contributed by atoms with E-state index in [0.29, 0.717) is 6.04 Å². The summed E-state index contributed by atoms with van der Waals surface area (Å²) in [5.74, 6) is 0.885. The molecule has 3 atom stereocenters. The van der Waals surface area contributed by atoms with Crippen LogP contribution in [0.5, 0.6) is 0 Å². The molecular formula is C38H63NP2. The zero-order valence-electron chi connectivity index (χ0n) is 27.0. The van der Waals surface area contributed by atoms with Crippen molar-refractivity contribution in [2.24, 2.45) is 5.92 Å². The molecular weight excluding hydrogens is 532 g/mol. The zero-order valence-corrected chi connectivity index (χ0v) is 28.7. The van der Waals surface area contributed by atoms with E-state index in [4.69, 9.17) is 0 Å². The van der Waals surface area contributed by atoms with Crippen LogP contribution in [0.1, 0.15) is 159 Å². The second kappa shape index (κ2) is 15.4. The molecule has 0 N–H and O–H groups in total. The highest BCUT2D eigenvalue weighted by Crippen LogP contribution is 2.65. The van der Waals surface area contributed by atoms with E-state index >= 15 is 0 Å². The Labute approximate surface area is 257 Å². The van der Waals surface area contributed by atoms with Gasteiger partial charge in [0, 0.05) is 6.04 Å². The molecule has 41 heavy (non-hydrogen) atoms. The van der Waals surface area contributed by atoms with Crippen LogP contribution in [0.2, 0.25) is 0 Å². The average molecular weight is 596 g/mol. The van der Waals surface area contributed by atoms with Crippen molar-refractivity contribution in [3.8, 4) is 0 Å². The van der Waals surface area contributed by atoms with Gasteiger partial charge < -0.3 is 4.90 Å². The molecule has 0 saturated heterocycles. The van der Waals surface area contributed by atoms with Crippen LogP contribution >= 0.6 is 15.8 Å². The quantitative estimate of drug-likeness (QED) is 0.257. The Bertz CT molecular complexity index is 871. The Hall–Kier alpha value is 0.0400. The Morgan fingerprint density at radius 3 is 1.49 bits per heavy atom. The molecule has 0 heterocycles. The van der Waals surface area contributed by atoms with Crippen LogP contribution in [0.25, 0.3) is 0 Å². The van der Waals surface area contributed by atoms with Crippen molar-refractivity contribution in [1.82, 2.24) is 4.90 Å². The fourth-order valence-corrected chi connectivity index (χ4v) is 19.4. The summed E-state index contributed by atoms with van der Waals surface area (Å²) in [6.07, 6.45) is 35.0. The molecule has 0 amide bonds. The number of rotatable bonds is 9. The maximum Gasteiger partial charge on any atom is 0.0382 e. The third kappa shape index (κ3) is 7.31. The zero-order chi connectivity index (χ0) is 28.0. The number of nitrogens with zero attached hydrogens (tertiary/aromatic N) is 1. The Morgan fingerprint density at radius 1 is 0.537 bits per heavy atom. The van der Waals surface area contributed by atoms with Gasteiger partial charge in [-0.25, -0.2) is 0 Å². The minimum absolute atomic E-state index is 0.0597. The molecule has 0 spiro atoms. The third-order valence-corrected chi connectivity index (χ3v) is 20.0. The van der Waals surface area contributed by atoms with Gasteiger partial charge in [0.25, 0.3) is 0 Å². The van der Waals surface area contributed by atoms with Gasteiger partial charge in [0.15, 0.2) is 0 Å². The smallest absolute Gasteiger partial charge is 0.0382 e. The van der Waals surface area contributed by atoms with Crippen LogP contribution in [0.15, 0.2) is 24.3 Å². The van der Waals surface area contributed by atoms with Crippen molar-refractivity contribution in [2.75, 3.05) is 14.1 Å². The second-order valence-electron chi connectivity index (χ2n) is 15.2. The summed E-state index contributed by atoms with van der Waals surface area (Å²) < 4.78 is 0. The Balaban J connectivity index is 1.35. The summed E-state index contributed by atoms with van der Waals surface area (Å²) in [7, 11) is 5.01. The first-order chi connectivity index (χ1) is 20.2. The topological polar surface area (TPSA) is 3.24 Å². The fraction of sp³-hybridized carbons (Fsp3) is 0.842. The summed E-state index contributed by atoms with van der Waals surface area (Å²) >= 11 is 0. The van der Waals surface area contributed by atoms with Gasteiger partial charge in [-0.1, -0.05) is 124 Å². The second-order valence-corrected chi connectivity index (χ2v) is 20.9. The van der Waals surface area contributed by atoms with Gasteiger partial charge in [0.05, 0.1) is 0 Å². The van der Waals surface area contributed by atoms with E-state index in [1.54, 1.807) is 37.7 Å². The third-order valence-electron chi connectivity index (χ3n) is 12.3. The van der Waals surface area contributed by atoms with Crippen molar-refractivity contribution < 1.29 is 0 Å². The van der Waals surface area contributed by atoms with Crippen LogP contribution in [0.4, 0.5) is 0 Å². The Kier molecular flexibility index (Phi) is 11.6. The van der Waals surface area contributed by atoms with Crippen molar-refractivity contribution >= 4 is 21.1 Å². The van der Waals surface area contributed by atoms with Gasteiger partial charge in [0.2, 0.25) is 0 Å². The van der Waals surface area contributed by atoms with E-state index in [2.05, 4.69) is 43.3 Å². The molecule has 1 aromatic carbocycles. The molecule has 230 valence electrons. The Morgan fingerprint density at radius 2 is 1.00 bits per heavy atom. The van der Waals surface area contributed by atoms with E-state index in [9.17, 15) is 0 Å². The van der Waals surface area contributed by atoms with Crippen LogP contribution < -0.4 is 5.30 Å². The predicted molar refractivity (Wildman–Crippen MR) is 185 cm³/mol. The maximum absolute atomic E-state index is 2.73. The lowest BCUT2D eigenvalue weighted by atomic mass is 9.90. The minimum atomic E-state index is -0.0597. The van der Waals surface area contributed by atoms with E-state index < -0.39 is 0 Å². The SMILES string of the molecule is CN(C)[C@H](c1ccccc1P(C1CCCCC1)C1CCCCC1)C1CCCC1P(C1CCCCC1)C1CCCCC1. The standard InChI is InChI=1S/C38H63NP2/c1-39(2)38(35-27-17-29-37(35)41(32-22-11-5-12-23-32)33-24-13-6-14-25-33)34-26-15-16-28-36(34)40(30-18-7-3-8-19-30)31-20-9-4-10-21-31/h15-16,26,28,30-33,35,37-38H,3-14,17-25,27,29H2,1-2H3/t35?,37?,38-/m1/s1. The fourth-order valence-electron chi connectivity index (χ4n) is 10.6. The molecule has 0 aromatic heterocycles. The number of hydrogen-bond acceptors (Lipinski definition) is 1. The highest BCUT2D eigenvalue weighted by atomic mass is 31.1. The molecule has 5 saturated carbocycles. The lowest BCUT2D eigenvalue weighted by Crippen LogP contribution is -2.38. The molecule has 1 aromatic rings. The highest BCUT2D eigenvalue weighted by molar-refractivity contribution is 7.67. The summed E-state index contributed by atoms with van der Waals surface area (Å²) in [5, 5.41) is 1.88. The molecule has 5 fully saturated rings. The molecule has 1 nitrogen and oxygen atoms in total. The summed E-state index contributed by atoms with van der Waals surface area (Å²) in [5.41, 5.74) is 6.99. The largest absolute Gasteiger partial charge is 0.302 e. The van der Waals surface area contributed by atoms with Gasteiger partial charge in [0.1, 0.15) is 0 Å². The first kappa shape index (κ1) is 31.0. The molecule has 6 rings (SSSR count). The van der Waals surface area contributed by atoms with Crippen LogP contribution in [0.3, 0.4) is 0 Å². The van der Waals surface area contributed by atoms with E-state index in [1.807, 2.05) is 5.30 Å². The van der Waals surface area contributed by atoms with Crippen LogP contribution in [-0.4, -0.2) is 47.3 Å². The average Bonchev–Trinajstić information content (AvgIpc) is 3.49.